The average Bonchev–Trinajstić information content (AvgIpc) is 2.53. The quantitative estimate of drug-likeness (QED) is 0.612. The minimum atomic E-state index is 0.781. The molecule has 1 saturated heterocycles. The third-order valence-electron chi connectivity index (χ3n) is 5.13. The molecule has 1 aliphatic heterocycles. The summed E-state index contributed by atoms with van der Waals surface area (Å²) in [5.74, 6) is 0.914. The minimum absolute atomic E-state index is 0.781. The highest BCUT2D eigenvalue weighted by atomic mass is 15.1. The van der Waals surface area contributed by atoms with Crippen molar-refractivity contribution in [1.29, 1.82) is 5.41 Å². The molecule has 0 saturated carbocycles. The third-order valence-corrected chi connectivity index (χ3v) is 5.13. The maximum atomic E-state index is 7.77. The molecule has 1 aromatic carbocycles. The highest BCUT2D eigenvalue weighted by Gasteiger charge is 2.21. The van der Waals surface area contributed by atoms with Crippen LogP contribution in [-0.2, 0) is 13.0 Å². The number of hydrogen-bond donors (Lipinski definition) is 2. The number of piperidine rings is 1. The predicted octanol–water partition coefficient (Wildman–Crippen LogP) is 4.15. The molecule has 1 aromatic rings. The molecule has 0 aromatic heterocycles. The molecule has 22 heavy (non-hydrogen) atoms. The van der Waals surface area contributed by atoms with E-state index >= 15 is 0 Å². The van der Waals surface area contributed by atoms with Crippen molar-refractivity contribution in [2.75, 3.05) is 18.8 Å². The van der Waals surface area contributed by atoms with Gasteiger partial charge in [-0.05, 0) is 61.9 Å². The highest BCUT2D eigenvalue weighted by molar-refractivity contribution is 5.89. The lowest BCUT2D eigenvalue weighted by atomic mass is 9.90. The Morgan fingerprint density at radius 2 is 2.00 bits per heavy atom. The Morgan fingerprint density at radius 1 is 1.32 bits per heavy atom. The molecule has 3 heteroatoms. The van der Waals surface area contributed by atoms with Gasteiger partial charge in [0.15, 0.2) is 0 Å². The normalized spacial score (nSPS) is 16.9. The maximum absolute atomic E-state index is 7.77. The van der Waals surface area contributed by atoms with Gasteiger partial charge in [0, 0.05) is 24.0 Å². The number of aryl methyl sites for hydroxylation is 2. The number of nitrogen functional groups attached to an aromatic ring is 1. The molecule has 3 nitrogen and oxygen atoms in total. The Kier molecular flexibility index (Phi) is 6.01. The van der Waals surface area contributed by atoms with Crippen LogP contribution < -0.4 is 5.73 Å². The third kappa shape index (κ3) is 3.70. The summed E-state index contributed by atoms with van der Waals surface area (Å²) in [6.07, 6.45) is 7.76. The Balaban J connectivity index is 2.16. The zero-order valence-corrected chi connectivity index (χ0v) is 14.4. The predicted molar refractivity (Wildman–Crippen MR) is 95.8 cm³/mol. The van der Waals surface area contributed by atoms with Crippen molar-refractivity contribution >= 4 is 11.9 Å². The van der Waals surface area contributed by atoms with Crippen LogP contribution in [0.5, 0.6) is 0 Å². The second kappa shape index (κ2) is 7.77. The van der Waals surface area contributed by atoms with E-state index in [4.69, 9.17) is 11.1 Å². The summed E-state index contributed by atoms with van der Waals surface area (Å²) in [5.41, 5.74) is 11.7. The first-order chi connectivity index (χ1) is 10.6. The second-order valence-corrected chi connectivity index (χ2v) is 6.66. The SMILES string of the molecule is CCCC1CCN(Cc2c(CC)cc(C)c(N)c2C=N)CC1. The van der Waals surface area contributed by atoms with E-state index in [2.05, 4.69) is 24.8 Å². The van der Waals surface area contributed by atoms with Gasteiger partial charge in [-0.3, -0.25) is 4.90 Å². The Hall–Kier alpha value is -1.35. The van der Waals surface area contributed by atoms with Crippen molar-refractivity contribution in [2.24, 2.45) is 5.92 Å². The first-order valence-electron chi connectivity index (χ1n) is 8.74. The molecule has 0 unspecified atom stereocenters. The van der Waals surface area contributed by atoms with Crippen LogP contribution in [0.15, 0.2) is 6.07 Å². The van der Waals surface area contributed by atoms with Crippen molar-refractivity contribution in [1.82, 2.24) is 4.90 Å². The summed E-state index contributed by atoms with van der Waals surface area (Å²) in [5, 5.41) is 7.77. The molecule has 2 rings (SSSR count). The van der Waals surface area contributed by atoms with Gasteiger partial charge in [0.05, 0.1) is 0 Å². The van der Waals surface area contributed by atoms with Crippen molar-refractivity contribution in [3.63, 3.8) is 0 Å². The van der Waals surface area contributed by atoms with E-state index in [0.717, 1.165) is 35.7 Å². The van der Waals surface area contributed by atoms with E-state index in [1.54, 1.807) is 0 Å². The van der Waals surface area contributed by atoms with Crippen molar-refractivity contribution in [3.05, 3.63) is 28.3 Å². The summed E-state index contributed by atoms with van der Waals surface area (Å²) >= 11 is 0. The molecule has 0 aliphatic carbocycles. The largest absolute Gasteiger partial charge is 0.398 e. The van der Waals surface area contributed by atoms with Gasteiger partial charge in [-0.15, -0.1) is 0 Å². The van der Waals surface area contributed by atoms with Crippen LogP contribution in [0, 0.1) is 18.3 Å². The lowest BCUT2D eigenvalue weighted by molar-refractivity contribution is 0.171. The van der Waals surface area contributed by atoms with Crippen LogP contribution in [0.2, 0.25) is 0 Å². The Bertz CT molecular complexity index is 514. The molecule has 0 atom stereocenters. The monoisotopic (exact) mass is 301 g/mol. The van der Waals surface area contributed by atoms with Crippen molar-refractivity contribution in [2.45, 2.75) is 59.4 Å². The molecule has 0 radical (unpaired) electrons. The summed E-state index contributed by atoms with van der Waals surface area (Å²) in [7, 11) is 0. The minimum Gasteiger partial charge on any atom is -0.398 e. The molecule has 0 bridgehead atoms. The summed E-state index contributed by atoms with van der Waals surface area (Å²) in [6, 6.07) is 2.21. The Morgan fingerprint density at radius 3 is 2.55 bits per heavy atom. The first kappa shape index (κ1) is 17.0. The number of hydrogen-bond acceptors (Lipinski definition) is 3. The van der Waals surface area contributed by atoms with E-state index in [1.165, 1.54) is 56.1 Å². The average molecular weight is 301 g/mol. The van der Waals surface area contributed by atoms with Gasteiger partial charge >= 0.3 is 0 Å². The van der Waals surface area contributed by atoms with Gasteiger partial charge in [-0.25, -0.2) is 0 Å². The van der Waals surface area contributed by atoms with E-state index in [9.17, 15) is 0 Å². The van der Waals surface area contributed by atoms with E-state index in [0.29, 0.717) is 0 Å². The van der Waals surface area contributed by atoms with Crippen molar-refractivity contribution in [3.8, 4) is 0 Å². The zero-order valence-electron chi connectivity index (χ0n) is 14.4. The van der Waals surface area contributed by atoms with Crippen LogP contribution in [-0.4, -0.2) is 24.2 Å². The van der Waals surface area contributed by atoms with Crippen LogP contribution in [0.1, 0.15) is 61.8 Å². The zero-order chi connectivity index (χ0) is 16.1. The second-order valence-electron chi connectivity index (χ2n) is 6.66. The van der Waals surface area contributed by atoms with Gasteiger partial charge < -0.3 is 11.1 Å². The number of nitrogens with two attached hydrogens (primary N) is 1. The fourth-order valence-electron chi connectivity index (χ4n) is 3.71. The van der Waals surface area contributed by atoms with Gasteiger partial charge in [0.2, 0.25) is 0 Å². The summed E-state index contributed by atoms with van der Waals surface area (Å²) < 4.78 is 0. The summed E-state index contributed by atoms with van der Waals surface area (Å²) in [4.78, 5) is 2.54. The van der Waals surface area contributed by atoms with Crippen LogP contribution in [0.3, 0.4) is 0 Å². The number of nitrogens with one attached hydrogen (secondary N) is 1. The van der Waals surface area contributed by atoms with Crippen LogP contribution in [0.25, 0.3) is 0 Å². The standard InChI is InChI=1S/C19H31N3/c1-4-6-15-7-9-22(10-8-15)13-18-16(5-2)11-14(3)19(21)17(18)12-20/h11-12,15,20H,4-10,13,21H2,1-3H3. The van der Waals surface area contributed by atoms with Gasteiger partial charge in [-0.1, -0.05) is 32.8 Å². The van der Waals surface area contributed by atoms with Crippen LogP contribution >= 0.6 is 0 Å². The van der Waals surface area contributed by atoms with E-state index < -0.39 is 0 Å². The molecule has 1 fully saturated rings. The van der Waals surface area contributed by atoms with E-state index in [1.807, 2.05) is 6.92 Å². The summed E-state index contributed by atoms with van der Waals surface area (Å²) in [6.45, 7) is 9.82. The molecular weight excluding hydrogens is 270 g/mol. The molecule has 1 aliphatic rings. The van der Waals surface area contributed by atoms with Crippen LogP contribution in [0.4, 0.5) is 5.69 Å². The number of anilines is 1. The van der Waals surface area contributed by atoms with Gasteiger partial charge in [-0.2, -0.15) is 0 Å². The molecule has 0 amide bonds. The molecule has 1 heterocycles. The lowest BCUT2D eigenvalue weighted by Gasteiger charge is -2.33. The first-order valence-corrected chi connectivity index (χ1v) is 8.74. The van der Waals surface area contributed by atoms with Crippen molar-refractivity contribution < 1.29 is 0 Å². The molecular formula is C19H31N3. The number of rotatable bonds is 6. The lowest BCUT2D eigenvalue weighted by Crippen LogP contribution is -2.34. The van der Waals surface area contributed by atoms with Gasteiger partial charge in [0.25, 0.3) is 0 Å². The fraction of sp³-hybridized carbons (Fsp3) is 0.632. The highest BCUT2D eigenvalue weighted by Crippen LogP contribution is 2.28. The molecule has 3 N–H and O–H groups in total. The number of likely N-dealkylation sites (tertiary alicyclic amines) is 1. The smallest absolute Gasteiger partial charge is 0.0436 e. The molecule has 0 spiro atoms. The van der Waals surface area contributed by atoms with E-state index in [-0.39, 0.29) is 0 Å². The Labute approximate surface area is 135 Å². The number of benzene rings is 1. The fourth-order valence-corrected chi connectivity index (χ4v) is 3.71. The molecule has 122 valence electrons. The topological polar surface area (TPSA) is 53.1 Å². The van der Waals surface area contributed by atoms with Gasteiger partial charge in [0.1, 0.15) is 0 Å². The number of nitrogens with zero attached hydrogens (tertiary/aromatic N) is 1. The maximum Gasteiger partial charge on any atom is 0.0436 e.